The number of carbonyl (C=O) groups is 1. The summed E-state index contributed by atoms with van der Waals surface area (Å²) in [4.78, 5) is 11.9. The minimum Gasteiger partial charge on any atom is -0.492 e. The average Bonchev–Trinajstić information content (AvgIpc) is 2.67. The van der Waals surface area contributed by atoms with E-state index in [9.17, 15) is 4.79 Å². The smallest absolute Gasteiger partial charge is 0.315 e. The molecule has 2 amide bonds. The third-order valence-electron chi connectivity index (χ3n) is 3.71. The van der Waals surface area contributed by atoms with Gasteiger partial charge in [-0.15, -0.1) is 0 Å². The number of hydrogen-bond donors (Lipinski definition) is 3. The van der Waals surface area contributed by atoms with E-state index in [0.29, 0.717) is 19.7 Å². The van der Waals surface area contributed by atoms with Gasteiger partial charge in [0.1, 0.15) is 12.4 Å². The van der Waals surface area contributed by atoms with E-state index < -0.39 is 0 Å². The summed E-state index contributed by atoms with van der Waals surface area (Å²) in [7, 11) is 0. The van der Waals surface area contributed by atoms with Gasteiger partial charge in [-0.25, -0.2) is 4.79 Å². The molecule has 1 atom stereocenters. The minimum atomic E-state index is -0.311. The largest absolute Gasteiger partial charge is 0.492 e. The zero-order valence-electron chi connectivity index (χ0n) is 15.0. The fraction of sp³-hybridized carbons (Fsp3) is 0.350. The molecule has 2 rings (SSSR count). The number of ether oxygens (including phenoxy) is 2. The van der Waals surface area contributed by atoms with Crippen LogP contribution in [0.15, 0.2) is 54.6 Å². The summed E-state index contributed by atoms with van der Waals surface area (Å²) >= 11 is 0. The first-order valence-corrected chi connectivity index (χ1v) is 8.67. The first kappa shape index (κ1) is 19.8. The summed E-state index contributed by atoms with van der Waals surface area (Å²) in [5, 5.41) is 14.5. The lowest BCUT2D eigenvalue weighted by Gasteiger charge is -2.19. The van der Waals surface area contributed by atoms with E-state index in [1.54, 1.807) is 0 Å². The van der Waals surface area contributed by atoms with Crippen LogP contribution in [0.25, 0.3) is 0 Å². The molecule has 0 saturated heterocycles. The van der Waals surface area contributed by atoms with Crippen molar-refractivity contribution in [2.45, 2.75) is 13.0 Å². The number of aryl methyl sites for hydroxylation is 1. The third-order valence-corrected chi connectivity index (χ3v) is 3.71. The fourth-order valence-corrected chi connectivity index (χ4v) is 2.35. The van der Waals surface area contributed by atoms with Gasteiger partial charge in [-0.1, -0.05) is 48.0 Å². The molecule has 0 heterocycles. The molecule has 26 heavy (non-hydrogen) atoms. The second-order valence-electron chi connectivity index (χ2n) is 5.79. The highest BCUT2D eigenvalue weighted by Crippen LogP contribution is 2.17. The van der Waals surface area contributed by atoms with Crippen LogP contribution >= 0.6 is 0 Å². The molecule has 0 radical (unpaired) electrons. The number of amides is 2. The standard InChI is InChI=1S/C20H26N2O4/c1-16-7-9-17(10-8-16)19(26-14-12-23)15-22-20(24)21-11-13-25-18-5-3-2-4-6-18/h2-10,19,23H,11-15H2,1H3,(H2,21,22,24)/t19-/m0/s1. The highest BCUT2D eigenvalue weighted by Gasteiger charge is 2.13. The molecule has 0 fully saturated rings. The van der Waals surface area contributed by atoms with Crippen molar-refractivity contribution >= 4 is 6.03 Å². The summed E-state index contributed by atoms with van der Waals surface area (Å²) in [6.45, 7) is 3.26. The van der Waals surface area contributed by atoms with E-state index in [-0.39, 0.29) is 25.3 Å². The normalized spacial score (nSPS) is 11.6. The van der Waals surface area contributed by atoms with Gasteiger partial charge in [0.05, 0.1) is 25.9 Å². The lowest BCUT2D eigenvalue weighted by Crippen LogP contribution is -2.40. The maximum Gasteiger partial charge on any atom is 0.315 e. The number of aliphatic hydroxyl groups is 1. The first-order valence-electron chi connectivity index (χ1n) is 8.67. The molecular weight excluding hydrogens is 332 g/mol. The predicted molar refractivity (Wildman–Crippen MR) is 100 cm³/mol. The Bertz CT molecular complexity index is 647. The highest BCUT2D eigenvalue weighted by atomic mass is 16.5. The summed E-state index contributed by atoms with van der Waals surface area (Å²) in [6, 6.07) is 17.1. The number of hydrogen-bond acceptors (Lipinski definition) is 4. The van der Waals surface area contributed by atoms with Crippen LogP contribution in [0.2, 0.25) is 0 Å². The number of nitrogens with one attached hydrogen (secondary N) is 2. The SMILES string of the molecule is Cc1ccc([C@H](CNC(=O)NCCOc2ccccc2)OCCO)cc1. The van der Waals surface area contributed by atoms with Gasteiger partial charge in [0.2, 0.25) is 0 Å². The Hall–Kier alpha value is -2.57. The molecule has 0 aliphatic rings. The van der Waals surface area contributed by atoms with Gasteiger partial charge in [0.25, 0.3) is 0 Å². The second-order valence-corrected chi connectivity index (χ2v) is 5.79. The van der Waals surface area contributed by atoms with Crippen LogP contribution in [0.1, 0.15) is 17.2 Å². The van der Waals surface area contributed by atoms with Gasteiger partial charge in [0.15, 0.2) is 0 Å². The molecule has 0 aliphatic carbocycles. The maximum atomic E-state index is 11.9. The zero-order chi connectivity index (χ0) is 18.6. The minimum absolute atomic E-state index is 0.0641. The van der Waals surface area contributed by atoms with Crippen LogP contribution in [0.3, 0.4) is 0 Å². The van der Waals surface area contributed by atoms with Crippen LogP contribution in [-0.2, 0) is 4.74 Å². The summed E-state index contributed by atoms with van der Waals surface area (Å²) in [5.41, 5.74) is 2.11. The van der Waals surface area contributed by atoms with E-state index in [2.05, 4.69) is 10.6 Å². The van der Waals surface area contributed by atoms with Crippen molar-refractivity contribution < 1.29 is 19.4 Å². The molecule has 6 nitrogen and oxygen atoms in total. The molecule has 0 spiro atoms. The maximum absolute atomic E-state index is 11.9. The van der Waals surface area contributed by atoms with E-state index in [4.69, 9.17) is 14.6 Å². The average molecular weight is 358 g/mol. The first-order chi connectivity index (χ1) is 12.7. The molecule has 0 saturated carbocycles. The third kappa shape index (κ3) is 7.13. The predicted octanol–water partition coefficient (Wildman–Crippen LogP) is 2.42. The molecule has 2 aromatic rings. The quantitative estimate of drug-likeness (QED) is 0.570. The number of carbonyl (C=O) groups excluding carboxylic acids is 1. The topological polar surface area (TPSA) is 79.8 Å². The summed E-state index contributed by atoms with van der Waals surface area (Å²) < 4.78 is 11.2. The lowest BCUT2D eigenvalue weighted by molar-refractivity contribution is 0.0294. The van der Waals surface area contributed by atoms with Crippen LogP contribution in [0, 0.1) is 6.92 Å². The summed E-state index contributed by atoms with van der Waals surface area (Å²) in [6.07, 6.45) is -0.311. The molecule has 0 bridgehead atoms. The van der Waals surface area contributed by atoms with Crippen molar-refractivity contribution in [3.8, 4) is 5.75 Å². The van der Waals surface area contributed by atoms with Gasteiger partial charge in [-0.2, -0.15) is 0 Å². The van der Waals surface area contributed by atoms with Gasteiger partial charge in [-0.3, -0.25) is 0 Å². The van der Waals surface area contributed by atoms with Crippen molar-refractivity contribution in [2.75, 3.05) is 32.9 Å². The fourth-order valence-electron chi connectivity index (χ4n) is 2.35. The van der Waals surface area contributed by atoms with E-state index in [0.717, 1.165) is 16.9 Å². The van der Waals surface area contributed by atoms with Crippen LogP contribution in [0.4, 0.5) is 4.79 Å². The second kappa shape index (κ2) is 11.1. The Morgan fingerprint density at radius 2 is 1.77 bits per heavy atom. The van der Waals surface area contributed by atoms with E-state index in [1.807, 2.05) is 61.5 Å². The van der Waals surface area contributed by atoms with Crippen molar-refractivity contribution in [1.82, 2.24) is 10.6 Å². The number of rotatable bonds is 10. The monoisotopic (exact) mass is 358 g/mol. The molecule has 0 aliphatic heterocycles. The molecule has 3 N–H and O–H groups in total. The van der Waals surface area contributed by atoms with E-state index >= 15 is 0 Å². The molecule has 140 valence electrons. The number of aliphatic hydroxyl groups excluding tert-OH is 1. The van der Waals surface area contributed by atoms with Crippen molar-refractivity contribution in [3.63, 3.8) is 0 Å². The Morgan fingerprint density at radius 1 is 1.04 bits per heavy atom. The molecular formula is C20H26N2O4. The zero-order valence-corrected chi connectivity index (χ0v) is 15.0. The molecule has 2 aromatic carbocycles. The Morgan fingerprint density at radius 3 is 2.46 bits per heavy atom. The molecule has 0 unspecified atom stereocenters. The van der Waals surface area contributed by atoms with E-state index in [1.165, 1.54) is 0 Å². The Kier molecular flexibility index (Phi) is 8.45. The van der Waals surface area contributed by atoms with Crippen LogP contribution < -0.4 is 15.4 Å². The van der Waals surface area contributed by atoms with Gasteiger partial charge < -0.3 is 25.2 Å². The number of benzene rings is 2. The molecule has 0 aromatic heterocycles. The van der Waals surface area contributed by atoms with Gasteiger partial charge in [0, 0.05) is 6.54 Å². The van der Waals surface area contributed by atoms with Crippen LogP contribution in [0.5, 0.6) is 5.75 Å². The lowest BCUT2D eigenvalue weighted by atomic mass is 10.1. The Balaban J connectivity index is 1.72. The summed E-state index contributed by atoms with van der Waals surface area (Å²) in [5.74, 6) is 0.770. The van der Waals surface area contributed by atoms with Crippen molar-refractivity contribution in [2.24, 2.45) is 0 Å². The van der Waals surface area contributed by atoms with Gasteiger partial charge >= 0.3 is 6.03 Å². The highest BCUT2D eigenvalue weighted by molar-refractivity contribution is 5.73. The van der Waals surface area contributed by atoms with Gasteiger partial charge in [-0.05, 0) is 24.6 Å². The van der Waals surface area contributed by atoms with Crippen LogP contribution in [-0.4, -0.2) is 44.0 Å². The molecule has 6 heteroatoms. The van der Waals surface area contributed by atoms with Crippen molar-refractivity contribution in [3.05, 3.63) is 65.7 Å². The number of urea groups is 1. The van der Waals surface area contributed by atoms with Crippen molar-refractivity contribution in [1.29, 1.82) is 0 Å². The Labute approximate surface area is 154 Å². The number of para-hydroxylation sites is 1.